The predicted molar refractivity (Wildman–Crippen MR) is 72.6 cm³/mol. The van der Waals surface area contributed by atoms with Crippen molar-refractivity contribution in [2.45, 2.75) is 66.2 Å². The van der Waals surface area contributed by atoms with Crippen LogP contribution >= 0.6 is 0 Å². The van der Waals surface area contributed by atoms with Crippen molar-refractivity contribution in [1.82, 2.24) is 0 Å². The molecule has 1 unspecified atom stereocenters. The fourth-order valence-corrected chi connectivity index (χ4v) is 1.64. The number of hydrogen-bond donors (Lipinski definition) is 2. The summed E-state index contributed by atoms with van der Waals surface area (Å²) in [5, 5.41) is 16.9. The van der Waals surface area contributed by atoms with Gasteiger partial charge in [-0.1, -0.05) is 47.0 Å². The molecule has 0 aliphatic carbocycles. The Labute approximate surface area is 110 Å². The van der Waals surface area contributed by atoms with Crippen molar-refractivity contribution >= 4 is 11.9 Å². The van der Waals surface area contributed by atoms with Crippen LogP contribution in [0.2, 0.25) is 0 Å². The summed E-state index contributed by atoms with van der Waals surface area (Å²) < 4.78 is 0. The van der Waals surface area contributed by atoms with Crippen LogP contribution in [0.15, 0.2) is 0 Å². The smallest absolute Gasteiger partial charge is 0.306 e. The fraction of sp³-hybridized carbons (Fsp3) is 0.857. The van der Waals surface area contributed by atoms with Crippen molar-refractivity contribution < 1.29 is 19.8 Å². The minimum Gasteiger partial charge on any atom is -0.481 e. The maximum atomic E-state index is 10.5. The number of rotatable bonds is 8. The molecule has 4 heteroatoms. The molecule has 0 aliphatic rings. The van der Waals surface area contributed by atoms with E-state index in [1.54, 1.807) is 6.92 Å². The molecule has 0 aromatic rings. The van der Waals surface area contributed by atoms with Crippen molar-refractivity contribution in [2.24, 2.45) is 11.8 Å². The van der Waals surface area contributed by atoms with Crippen LogP contribution in [0.25, 0.3) is 0 Å². The maximum Gasteiger partial charge on any atom is 0.306 e. The highest BCUT2D eigenvalue weighted by Crippen LogP contribution is 2.12. The Bertz CT molecular complexity index is 220. The van der Waals surface area contributed by atoms with E-state index in [1.165, 1.54) is 0 Å². The van der Waals surface area contributed by atoms with Crippen molar-refractivity contribution in [3.8, 4) is 0 Å². The molecule has 0 aliphatic heterocycles. The highest BCUT2D eigenvalue weighted by molar-refractivity contribution is 5.69. The Morgan fingerprint density at radius 3 is 1.39 bits per heavy atom. The van der Waals surface area contributed by atoms with E-state index in [0.29, 0.717) is 0 Å². The average Bonchev–Trinajstić information content (AvgIpc) is 2.29. The first-order chi connectivity index (χ1) is 8.40. The van der Waals surface area contributed by atoms with E-state index in [4.69, 9.17) is 10.2 Å². The van der Waals surface area contributed by atoms with Crippen LogP contribution < -0.4 is 0 Å². The quantitative estimate of drug-likeness (QED) is 0.696. The lowest BCUT2D eigenvalue weighted by atomic mass is 9.99. The van der Waals surface area contributed by atoms with Crippen molar-refractivity contribution in [3.63, 3.8) is 0 Å². The lowest BCUT2D eigenvalue weighted by Crippen LogP contribution is -2.12. The molecule has 0 saturated carbocycles. The normalized spacial score (nSPS) is 11.6. The van der Waals surface area contributed by atoms with E-state index in [-0.39, 0.29) is 11.8 Å². The second-order valence-electron chi connectivity index (χ2n) is 4.64. The minimum absolute atomic E-state index is 0.102. The molecule has 2 N–H and O–H groups in total. The second-order valence-corrected chi connectivity index (χ2v) is 4.64. The van der Waals surface area contributed by atoms with Gasteiger partial charge in [-0.05, 0) is 19.3 Å². The molecule has 0 amide bonds. The summed E-state index contributed by atoms with van der Waals surface area (Å²) in [4.78, 5) is 20.6. The van der Waals surface area contributed by atoms with Crippen LogP contribution in [0.5, 0.6) is 0 Å². The predicted octanol–water partition coefficient (Wildman–Crippen LogP) is 3.79. The first-order valence-corrected chi connectivity index (χ1v) is 6.86. The molecule has 4 nitrogen and oxygen atoms in total. The molecule has 0 spiro atoms. The van der Waals surface area contributed by atoms with Gasteiger partial charge in [0.1, 0.15) is 0 Å². The molecule has 0 aromatic carbocycles. The van der Waals surface area contributed by atoms with Crippen LogP contribution in [-0.4, -0.2) is 22.2 Å². The molecule has 1 atom stereocenters. The first kappa shape index (κ1) is 19.3. The van der Waals surface area contributed by atoms with Crippen molar-refractivity contribution in [2.75, 3.05) is 0 Å². The largest absolute Gasteiger partial charge is 0.481 e. The van der Waals surface area contributed by atoms with Gasteiger partial charge in [0, 0.05) is 0 Å². The van der Waals surface area contributed by atoms with E-state index in [2.05, 4.69) is 0 Å². The molecule has 108 valence electrons. The summed E-state index contributed by atoms with van der Waals surface area (Å²) in [6.07, 6.45) is 5.32. The molecular formula is C14H28O4. The second kappa shape index (κ2) is 12.4. The molecule has 0 radical (unpaired) electrons. The zero-order valence-corrected chi connectivity index (χ0v) is 12.1. The van der Waals surface area contributed by atoms with E-state index in [0.717, 1.165) is 38.5 Å². The van der Waals surface area contributed by atoms with Crippen LogP contribution in [0.1, 0.15) is 66.2 Å². The first-order valence-electron chi connectivity index (χ1n) is 6.86. The zero-order valence-electron chi connectivity index (χ0n) is 12.1. The van der Waals surface area contributed by atoms with Crippen molar-refractivity contribution in [3.05, 3.63) is 0 Å². The zero-order chi connectivity index (χ0) is 14.6. The molecule has 18 heavy (non-hydrogen) atoms. The average molecular weight is 260 g/mol. The third-order valence-corrected chi connectivity index (χ3v) is 2.77. The Kier molecular flexibility index (Phi) is 13.3. The van der Waals surface area contributed by atoms with Crippen LogP contribution in [-0.2, 0) is 9.59 Å². The topological polar surface area (TPSA) is 74.6 Å². The van der Waals surface area contributed by atoms with Gasteiger partial charge in [-0.15, -0.1) is 0 Å². The highest BCUT2D eigenvalue weighted by Gasteiger charge is 2.13. The monoisotopic (exact) mass is 260 g/mol. The van der Waals surface area contributed by atoms with E-state index in [1.807, 2.05) is 20.8 Å². The Hall–Kier alpha value is -1.06. The maximum absolute atomic E-state index is 10.5. The molecule has 0 saturated heterocycles. The fourth-order valence-electron chi connectivity index (χ4n) is 1.64. The summed E-state index contributed by atoms with van der Waals surface area (Å²) in [6, 6.07) is 0. The van der Waals surface area contributed by atoms with E-state index < -0.39 is 11.9 Å². The third kappa shape index (κ3) is 11.4. The molecule has 0 fully saturated rings. The van der Waals surface area contributed by atoms with Gasteiger partial charge in [-0.3, -0.25) is 9.59 Å². The van der Waals surface area contributed by atoms with Gasteiger partial charge in [0.2, 0.25) is 0 Å². The third-order valence-electron chi connectivity index (χ3n) is 2.77. The Morgan fingerprint density at radius 2 is 1.22 bits per heavy atom. The summed E-state index contributed by atoms with van der Waals surface area (Å²) in [5.41, 5.74) is 0. The molecule has 0 bridgehead atoms. The van der Waals surface area contributed by atoms with Gasteiger partial charge in [-0.2, -0.15) is 0 Å². The lowest BCUT2D eigenvalue weighted by Gasteiger charge is -2.07. The summed E-state index contributed by atoms with van der Waals surface area (Å²) in [7, 11) is 0. The number of hydrogen-bond acceptors (Lipinski definition) is 2. The van der Waals surface area contributed by atoms with Gasteiger partial charge < -0.3 is 10.2 Å². The van der Waals surface area contributed by atoms with Gasteiger partial charge >= 0.3 is 11.9 Å². The molecular weight excluding hydrogens is 232 g/mol. The lowest BCUT2D eigenvalue weighted by molar-refractivity contribution is -0.142. The summed E-state index contributed by atoms with van der Waals surface area (Å²) in [5.74, 6) is -1.59. The van der Waals surface area contributed by atoms with Gasteiger partial charge in [0.25, 0.3) is 0 Å². The molecule has 0 aromatic heterocycles. The van der Waals surface area contributed by atoms with E-state index >= 15 is 0 Å². The minimum atomic E-state index is -0.688. The number of aliphatic carboxylic acids is 2. The number of carboxylic acids is 2. The molecule has 0 rings (SSSR count). The van der Waals surface area contributed by atoms with Crippen LogP contribution in [0.4, 0.5) is 0 Å². The highest BCUT2D eigenvalue weighted by atomic mass is 16.4. The van der Waals surface area contributed by atoms with E-state index in [9.17, 15) is 9.59 Å². The van der Waals surface area contributed by atoms with Crippen molar-refractivity contribution in [1.29, 1.82) is 0 Å². The SMILES string of the molecule is CCCC(C)C(=O)O.CCCC(CCC)C(=O)O. The standard InChI is InChI=1S/C8H16O2.C6H12O2/c1-3-5-7(6-4-2)8(9)10;1-3-4-5(2)6(7)8/h7H,3-6H2,1-2H3,(H,9,10);5H,3-4H2,1-2H3,(H,7,8). The molecule has 0 heterocycles. The Morgan fingerprint density at radius 1 is 0.833 bits per heavy atom. The summed E-state index contributed by atoms with van der Waals surface area (Å²) in [6.45, 7) is 7.75. The van der Waals surface area contributed by atoms with Crippen LogP contribution in [0, 0.1) is 11.8 Å². The van der Waals surface area contributed by atoms with Gasteiger partial charge in [0.05, 0.1) is 11.8 Å². The Balaban J connectivity index is 0. The summed E-state index contributed by atoms with van der Waals surface area (Å²) >= 11 is 0. The number of carboxylic acid groups (broad SMARTS) is 2. The number of carbonyl (C=O) groups is 2. The van der Waals surface area contributed by atoms with Gasteiger partial charge in [0.15, 0.2) is 0 Å². The van der Waals surface area contributed by atoms with Gasteiger partial charge in [-0.25, -0.2) is 0 Å². The van der Waals surface area contributed by atoms with Crippen LogP contribution in [0.3, 0.4) is 0 Å².